The van der Waals surface area contributed by atoms with Gasteiger partial charge in [-0.15, -0.1) is 22.7 Å². The SMILES string of the molecule is COc1cccc(-c2csc(-c3cccc(NCc4cnc(Cl)s4)c3)n2)c1. The number of rotatable bonds is 6. The minimum atomic E-state index is 0.563. The van der Waals surface area contributed by atoms with E-state index in [-0.39, 0.29) is 0 Å². The highest BCUT2D eigenvalue weighted by molar-refractivity contribution is 7.15. The van der Waals surface area contributed by atoms with Crippen molar-refractivity contribution in [2.24, 2.45) is 0 Å². The van der Waals surface area contributed by atoms with Crippen molar-refractivity contribution in [1.82, 2.24) is 9.97 Å². The van der Waals surface area contributed by atoms with Gasteiger partial charge in [0, 0.05) is 33.3 Å². The summed E-state index contributed by atoms with van der Waals surface area (Å²) in [6.45, 7) is 0.695. The van der Waals surface area contributed by atoms with E-state index in [4.69, 9.17) is 21.3 Å². The lowest BCUT2D eigenvalue weighted by molar-refractivity contribution is 0.415. The standard InChI is InChI=1S/C20H16ClN3OS2/c1-25-16-7-3-4-13(9-16)18-12-26-19(24-18)14-5-2-6-15(8-14)22-10-17-11-23-20(21)27-17/h2-9,11-12,22H,10H2,1H3. The Kier molecular flexibility index (Phi) is 5.38. The summed E-state index contributed by atoms with van der Waals surface area (Å²) < 4.78 is 5.87. The fraction of sp³-hybridized carbons (Fsp3) is 0.100. The van der Waals surface area contributed by atoms with Crippen LogP contribution < -0.4 is 10.1 Å². The van der Waals surface area contributed by atoms with E-state index >= 15 is 0 Å². The Morgan fingerprint density at radius 3 is 2.78 bits per heavy atom. The summed E-state index contributed by atoms with van der Waals surface area (Å²) in [7, 11) is 1.67. The van der Waals surface area contributed by atoms with E-state index in [0.29, 0.717) is 11.0 Å². The van der Waals surface area contributed by atoms with E-state index in [1.165, 1.54) is 11.3 Å². The molecule has 7 heteroatoms. The van der Waals surface area contributed by atoms with Crippen LogP contribution in [0.1, 0.15) is 4.88 Å². The van der Waals surface area contributed by atoms with Gasteiger partial charge < -0.3 is 10.1 Å². The van der Waals surface area contributed by atoms with E-state index in [1.807, 2.05) is 36.4 Å². The molecule has 2 heterocycles. The van der Waals surface area contributed by atoms with E-state index in [1.54, 1.807) is 24.6 Å². The molecular weight excluding hydrogens is 398 g/mol. The first-order valence-corrected chi connectivity index (χ1v) is 10.3. The summed E-state index contributed by atoms with van der Waals surface area (Å²) in [6, 6.07) is 16.2. The highest BCUT2D eigenvalue weighted by Crippen LogP contribution is 2.31. The molecule has 2 aromatic carbocycles. The van der Waals surface area contributed by atoms with Gasteiger partial charge in [-0.05, 0) is 24.3 Å². The Morgan fingerprint density at radius 1 is 1.11 bits per heavy atom. The maximum Gasteiger partial charge on any atom is 0.183 e. The predicted octanol–water partition coefficient (Wildman–Crippen LogP) is 6.21. The molecular formula is C20H16ClN3OS2. The zero-order valence-corrected chi connectivity index (χ0v) is 16.9. The molecule has 0 atom stereocenters. The van der Waals surface area contributed by atoms with Crippen LogP contribution in [0.3, 0.4) is 0 Å². The number of hydrogen-bond acceptors (Lipinski definition) is 6. The Balaban J connectivity index is 1.52. The summed E-state index contributed by atoms with van der Waals surface area (Å²) in [5.41, 5.74) is 4.12. The lowest BCUT2D eigenvalue weighted by Gasteiger charge is -2.06. The van der Waals surface area contributed by atoms with Gasteiger partial charge in [-0.1, -0.05) is 35.9 Å². The zero-order valence-electron chi connectivity index (χ0n) is 14.5. The predicted molar refractivity (Wildman–Crippen MR) is 114 cm³/mol. The molecule has 0 unspecified atom stereocenters. The van der Waals surface area contributed by atoms with Crippen molar-refractivity contribution in [3.05, 3.63) is 69.5 Å². The van der Waals surface area contributed by atoms with Crippen LogP contribution in [-0.4, -0.2) is 17.1 Å². The minimum Gasteiger partial charge on any atom is -0.497 e. The Hall–Kier alpha value is -2.41. The van der Waals surface area contributed by atoms with Crippen LogP contribution in [0, 0.1) is 0 Å². The third-order valence-corrected chi connectivity index (χ3v) is 5.98. The molecule has 4 nitrogen and oxygen atoms in total. The van der Waals surface area contributed by atoms with Gasteiger partial charge in [0.15, 0.2) is 4.47 Å². The molecule has 0 radical (unpaired) electrons. The van der Waals surface area contributed by atoms with Gasteiger partial charge in [0.25, 0.3) is 0 Å². The number of halogens is 1. The van der Waals surface area contributed by atoms with E-state index in [0.717, 1.165) is 38.1 Å². The van der Waals surface area contributed by atoms with Crippen molar-refractivity contribution in [3.8, 4) is 27.6 Å². The number of nitrogens with one attached hydrogen (secondary N) is 1. The molecule has 0 saturated heterocycles. The smallest absolute Gasteiger partial charge is 0.183 e. The van der Waals surface area contributed by atoms with Gasteiger partial charge in [0.2, 0.25) is 0 Å². The zero-order chi connectivity index (χ0) is 18.6. The number of methoxy groups -OCH3 is 1. The molecule has 27 heavy (non-hydrogen) atoms. The molecule has 2 aromatic heterocycles. The highest BCUT2D eigenvalue weighted by atomic mass is 35.5. The first kappa shape index (κ1) is 18.0. The Bertz CT molecular complexity index is 1060. The van der Waals surface area contributed by atoms with Crippen molar-refractivity contribution in [2.75, 3.05) is 12.4 Å². The minimum absolute atomic E-state index is 0.563. The second kappa shape index (κ2) is 8.08. The van der Waals surface area contributed by atoms with Gasteiger partial charge >= 0.3 is 0 Å². The molecule has 0 aliphatic carbocycles. The van der Waals surface area contributed by atoms with E-state index in [9.17, 15) is 0 Å². The van der Waals surface area contributed by atoms with Gasteiger partial charge in [0.1, 0.15) is 10.8 Å². The number of ether oxygens (including phenoxy) is 1. The second-order valence-electron chi connectivity index (χ2n) is 5.78. The fourth-order valence-electron chi connectivity index (χ4n) is 2.64. The molecule has 4 rings (SSSR count). The summed E-state index contributed by atoms with van der Waals surface area (Å²) in [5.74, 6) is 0.830. The topological polar surface area (TPSA) is 47.0 Å². The molecule has 136 valence electrons. The van der Waals surface area contributed by atoms with Crippen LogP contribution in [0.2, 0.25) is 4.47 Å². The summed E-state index contributed by atoms with van der Waals surface area (Å²) in [4.78, 5) is 9.96. The van der Waals surface area contributed by atoms with Crippen molar-refractivity contribution in [3.63, 3.8) is 0 Å². The van der Waals surface area contributed by atoms with Crippen LogP contribution in [0.15, 0.2) is 60.1 Å². The molecule has 0 spiro atoms. The van der Waals surface area contributed by atoms with Crippen LogP contribution >= 0.6 is 34.3 Å². The second-order valence-corrected chi connectivity index (χ2v) is 8.34. The number of hydrogen-bond donors (Lipinski definition) is 1. The van der Waals surface area contributed by atoms with Crippen LogP contribution in [0.25, 0.3) is 21.8 Å². The summed E-state index contributed by atoms with van der Waals surface area (Å²) in [6.07, 6.45) is 1.80. The summed E-state index contributed by atoms with van der Waals surface area (Å²) >= 11 is 9.00. The quantitative estimate of drug-likeness (QED) is 0.408. The summed E-state index contributed by atoms with van der Waals surface area (Å²) in [5, 5.41) is 6.47. The van der Waals surface area contributed by atoms with Crippen molar-refractivity contribution in [1.29, 1.82) is 0 Å². The normalized spacial score (nSPS) is 10.7. The molecule has 0 aliphatic heterocycles. The van der Waals surface area contributed by atoms with E-state index in [2.05, 4.69) is 27.8 Å². The molecule has 0 aliphatic rings. The molecule has 0 bridgehead atoms. The number of benzene rings is 2. The lowest BCUT2D eigenvalue weighted by Crippen LogP contribution is -1.97. The van der Waals surface area contributed by atoms with Crippen molar-refractivity contribution >= 4 is 40.0 Å². The fourth-order valence-corrected chi connectivity index (χ4v) is 4.38. The average Bonchev–Trinajstić information content (AvgIpc) is 3.36. The molecule has 4 aromatic rings. The van der Waals surface area contributed by atoms with Crippen molar-refractivity contribution < 1.29 is 4.74 Å². The van der Waals surface area contributed by atoms with Gasteiger partial charge in [-0.2, -0.15) is 0 Å². The largest absolute Gasteiger partial charge is 0.497 e. The number of anilines is 1. The average molecular weight is 414 g/mol. The Morgan fingerprint density at radius 2 is 1.96 bits per heavy atom. The van der Waals surface area contributed by atoms with Gasteiger partial charge in [-0.25, -0.2) is 9.97 Å². The van der Waals surface area contributed by atoms with Crippen molar-refractivity contribution in [2.45, 2.75) is 6.54 Å². The third kappa shape index (κ3) is 4.30. The lowest BCUT2D eigenvalue weighted by atomic mass is 10.1. The molecule has 0 amide bonds. The Labute approximate surface area is 170 Å². The molecule has 1 N–H and O–H groups in total. The first-order valence-electron chi connectivity index (χ1n) is 8.26. The highest BCUT2D eigenvalue weighted by Gasteiger charge is 2.08. The number of aromatic nitrogens is 2. The van der Waals surface area contributed by atoms with Crippen LogP contribution in [0.5, 0.6) is 5.75 Å². The number of thiazole rings is 2. The van der Waals surface area contributed by atoms with Crippen LogP contribution in [0.4, 0.5) is 5.69 Å². The first-order chi connectivity index (χ1) is 13.2. The molecule has 0 saturated carbocycles. The van der Waals surface area contributed by atoms with Gasteiger partial charge in [-0.3, -0.25) is 0 Å². The maximum absolute atomic E-state index is 5.88. The number of nitrogens with zero attached hydrogens (tertiary/aromatic N) is 2. The van der Waals surface area contributed by atoms with Crippen LogP contribution in [-0.2, 0) is 6.54 Å². The van der Waals surface area contributed by atoms with Gasteiger partial charge in [0.05, 0.1) is 19.3 Å². The molecule has 0 fully saturated rings. The maximum atomic E-state index is 5.88. The third-order valence-electron chi connectivity index (χ3n) is 3.97. The van der Waals surface area contributed by atoms with E-state index < -0.39 is 0 Å². The monoisotopic (exact) mass is 413 g/mol.